The summed E-state index contributed by atoms with van der Waals surface area (Å²) < 4.78 is 32.1. The molecule has 0 heterocycles. The summed E-state index contributed by atoms with van der Waals surface area (Å²) in [5.41, 5.74) is 0.522. The number of halogens is 1. The van der Waals surface area contributed by atoms with E-state index in [1.54, 1.807) is 24.3 Å². The van der Waals surface area contributed by atoms with Gasteiger partial charge in [0, 0.05) is 0 Å². The number of hydrogen-bond acceptors (Lipinski definition) is 5. The summed E-state index contributed by atoms with van der Waals surface area (Å²) in [5.74, 6) is -0.361. The average molecular weight is 300 g/mol. The van der Waals surface area contributed by atoms with E-state index in [9.17, 15) is 9.18 Å². The number of rotatable bonds is 12. The van der Waals surface area contributed by atoms with E-state index in [1.807, 2.05) is 6.07 Å². The minimum Gasteiger partial charge on any atom is -0.460 e. The molecule has 0 unspecified atom stereocenters. The molecule has 0 saturated heterocycles. The molecular weight excluding hydrogens is 279 g/mol. The number of hydrogen-bond donors (Lipinski definition) is 0. The number of carbonyl (C=O) groups is 1. The van der Waals surface area contributed by atoms with Crippen molar-refractivity contribution in [1.29, 1.82) is 0 Å². The Morgan fingerprint density at radius 2 is 1.33 bits per heavy atom. The summed E-state index contributed by atoms with van der Waals surface area (Å²) >= 11 is 0. The first-order valence-corrected chi connectivity index (χ1v) is 6.86. The van der Waals surface area contributed by atoms with Crippen LogP contribution in [-0.2, 0) is 18.9 Å². The Labute approximate surface area is 123 Å². The van der Waals surface area contributed by atoms with Crippen LogP contribution < -0.4 is 0 Å². The highest BCUT2D eigenvalue weighted by Gasteiger charge is 2.04. The molecule has 1 rings (SSSR count). The van der Waals surface area contributed by atoms with Crippen molar-refractivity contribution < 1.29 is 28.1 Å². The molecule has 21 heavy (non-hydrogen) atoms. The van der Waals surface area contributed by atoms with E-state index in [0.717, 1.165) is 0 Å². The van der Waals surface area contributed by atoms with Crippen LogP contribution >= 0.6 is 0 Å². The van der Waals surface area contributed by atoms with E-state index in [0.29, 0.717) is 38.6 Å². The van der Waals surface area contributed by atoms with Gasteiger partial charge in [0.2, 0.25) is 0 Å². The SMILES string of the molecule is O=C(OCCOCCOCCOCCF)c1ccccc1. The molecule has 0 aliphatic carbocycles. The molecule has 0 N–H and O–H groups in total. The molecule has 1 aromatic carbocycles. The number of alkyl halides is 1. The molecule has 0 bridgehead atoms. The lowest BCUT2D eigenvalue weighted by Gasteiger charge is -2.07. The summed E-state index contributed by atoms with van der Waals surface area (Å²) in [6, 6.07) is 8.79. The average Bonchev–Trinajstić information content (AvgIpc) is 2.53. The predicted molar refractivity (Wildman–Crippen MR) is 75.2 cm³/mol. The number of esters is 1. The van der Waals surface area contributed by atoms with Gasteiger partial charge in [-0.2, -0.15) is 0 Å². The van der Waals surface area contributed by atoms with Gasteiger partial charge in [0.15, 0.2) is 0 Å². The smallest absolute Gasteiger partial charge is 0.338 e. The Kier molecular flexibility index (Phi) is 10.2. The first-order valence-electron chi connectivity index (χ1n) is 6.86. The second-order valence-electron chi connectivity index (χ2n) is 4.03. The summed E-state index contributed by atoms with van der Waals surface area (Å²) in [6.07, 6.45) is 0. The van der Waals surface area contributed by atoms with Gasteiger partial charge in [-0.3, -0.25) is 0 Å². The predicted octanol–water partition coefficient (Wildman–Crippen LogP) is 1.86. The Bertz CT molecular complexity index is 372. The molecule has 0 aromatic heterocycles. The Morgan fingerprint density at radius 3 is 1.90 bits per heavy atom. The third kappa shape index (κ3) is 9.12. The molecule has 0 amide bonds. The number of carbonyl (C=O) groups excluding carboxylic acids is 1. The molecule has 6 heteroatoms. The minimum absolute atomic E-state index is 0.104. The third-order valence-electron chi connectivity index (χ3n) is 2.44. The number of benzene rings is 1. The molecule has 118 valence electrons. The fourth-order valence-corrected chi connectivity index (χ4v) is 1.45. The first kappa shape index (κ1) is 17.6. The van der Waals surface area contributed by atoms with E-state index in [4.69, 9.17) is 18.9 Å². The molecule has 0 spiro atoms. The molecule has 5 nitrogen and oxygen atoms in total. The lowest BCUT2D eigenvalue weighted by atomic mass is 10.2. The minimum atomic E-state index is -0.481. The van der Waals surface area contributed by atoms with Crippen LogP contribution in [0.2, 0.25) is 0 Å². The third-order valence-corrected chi connectivity index (χ3v) is 2.44. The van der Waals surface area contributed by atoms with Crippen molar-refractivity contribution >= 4 is 5.97 Å². The quantitative estimate of drug-likeness (QED) is 0.436. The zero-order valence-corrected chi connectivity index (χ0v) is 12.0. The van der Waals surface area contributed by atoms with Crippen LogP contribution in [-0.4, -0.2) is 58.9 Å². The van der Waals surface area contributed by atoms with Crippen molar-refractivity contribution in [2.75, 3.05) is 52.9 Å². The van der Waals surface area contributed by atoms with Gasteiger partial charge in [-0.1, -0.05) is 18.2 Å². The van der Waals surface area contributed by atoms with Crippen molar-refractivity contribution in [3.8, 4) is 0 Å². The fourth-order valence-electron chi connectivity index (χ4n) is 1.45. The van der Waals surface area contributed by atoms with Crippen molar-refractivity contribution in [2.45, 2.75) is 0 Å². The second kappa shape index (κ2) is 12.3. The lowest BCUT2D eigenvalue weighted by Crippen LogP contribution is -2.14. The molecule has 0 atom stereocenters. The standard InChI is InChI=1S/C15H21FO5/c16-6-7-18-8-9-19-10-11-20-12-13-21-15(17)14-4-2-1-3-5-14/h1-5H,6-13H2. The van der Waals surface area contributed by atoms with Gasteiger partial charge in [0.05, 0.1) is 45.2 Å². The van der Waals surface area contributed by atoms with Crippen LogP contribution in [0.25, 0.3) is 0 Å². The van der Waals surface area contributed by atoms with Crippen molar-refractivity contribution in [3.05, 3.63) is 35.9 Å². The van der Waals surface area contributed by atoms with Gasteiger partial charge in [0.25, 0.3) is 0 Å². The summed E-state index contributed by atoms with van der Waals surface area (Å²) in [7, 11) is 0. The zero-order chi connectivity index (χ0) is 15.2. The van der Waals surface area contributed by atoms with E-state index < -0.39 is 6.67 Å². The van der Waals surface area contributed by atoms with Gasteiger partial charge in [-0.05, 0) is 12.1 Å². The lowest BCUT2D eigenvalue weighted by molar-refractivity contribution is -0.000593. The van der Waals surface area contributed by atoms with Crippen LogP contribution in [0.4, 0.5) is 4.39 Å². The first-order chi connectivity index (χ1) is 10.3. The van der Waals surface area contributed by atoms with E-state index in [1.165, 1.54) is 0 Å². The Morgan fingerprint density at radius 1 is 0.810 bits per heavy atom. The largest absolute Gasteiger partial charge is 0.460 e. The van der Waals surface area contributed by atoms with Crippen LogP contribution in [0.5, 0.6) is 0 Å². The van der Waals surface area contributed by atoms with Gasteiger partial charge >= 0.3 is 5.97 Å². The molecule has 0 fully saturated rings. The van der Waals surface area contributed by atoms with Crippen LogP contribution in [0, 0.1) is 0 Å². The van der Waals surface area contributed by atoms with Crippen molar-refractivity contribution in [2.24, 2.45) is 0 Å². The highest BCUT2D eigenvalue weighted by atomic mass is 19.1. The Balaban J connectivity index is 1.88. The maximum atomic E-state index is 11.7. The maximum Gasteiger partial charge on any atom is 0.338 e. The zero-order valence-electron chi connectivity index (χ0n) is 12.0. The molecule has 0 saturated carbocycles. The second-order valence-corrected chi connectivity index (χ2v) is 4.03. The maximum absolute atomic E-state index is 11.7. The van der Waals surface area contributed by atoms with E-state index >= 15 is 0 Å². The summed E-state index contributed by atoms with van der Waals surface area (Å²) in [4.78, 5) is 11.6. The molecule has 1 aromatic rings. The van der Waals surface area contributed by atoms with Gasteiger partial charge in [0.1, 0.15) is 13.3 Å². The fraction of sp³-hybridized carbons (Fsp3) is 0.533. The van der Waals surface area contributed by atoms with E-state index in [2.05, 4.69) is 0 Å². The highest BCUT2D eigenvalue weighted by Crippen LogP contribution is 2.00. The molecular formula is C15H21FO5. The normalized spacial score (nSPS) is 10.5. The van der Waals surface area contributed by atoms with Crippen LogP contribution in [0.15, 0.2) is 30.3 Å². The van der Waals surface area contributed by atoms with Gasteiger partial charge in [-0.25, -0.2) is 9.18 Å². The number of ether oxygens (including phenoxy) is 4. The molecule has 0 aliphatic rings. The van der Waals surface area contributed by atoms with Crippen molar-refractivity contribution in [3.63, 3.8) is 0 Å². The molecule has 0 aliphatic heterocycles. The molecule has 0 radical (unpaired) electrons. The topological polar surface area (TPSA) is 54.0 Å². The van der Waals surface area contributed by atoms with Gasteiger partial charge in [-0.15, -0.1) is 0 Å². The van der Waals surface area contributed by atoms with Crippen LogP contribution in [0.1, 0.15) is 10.4 Å². The van der Waals surface area contributed by atoms with E-state index in [-0.39, 0.29) is 19.2 Å². The summed E-state index contributed by atoms with van der Waals surface area (Å²) in [5, 5.41) is 0. The van der Waals surface area contributed by atoms with Gasteiger partial charge < -0.3 is 18.9 Å². The van der Waals surface area contributed by atoms with Crippen molar-refractivity contribution in [1.82, 2.24) is 0 Å². The Hall–Kier alpha value is -1.50. The van der Waals surface area contributed by atoms with Crippen LogP contribution in [0.3, 0.4) is 0 Å². The highest BCUT2D eigenvalue weighted by molar-refractivity contribution is 5.89. The summed E-state index contributed by atoms with van der Waals surface area (Å²) in [6.45, 7) is 1.76. The monoisotopic (exact) mass is 300 g/mol.